The Kier molecular flexibility index (Phi) is 3.33. The predicted molar refractivity (Wildman–Crippen MR) is 84.5 cm³/mol. The number of hydrogen-bond donors (Lipinski definition) is 1. The van der Waals surface area contributed by atoms with Crippen LogP contribution in [0.3, 0.4) is 0 Å². The standard InChI is InChI=1S/C15H17N5S/c1-15(2,3)13-8-11-14(18-6-7-20(11)19-13)21-12-4-5-17-9-10(12)16/h4-9H,16H2,1-3H3. The molecule has 0 bridgehead atoms. The van der Waals surface area contributed by atoms with Crippen molar-refractivity contribution in [1.82, 2.24) is 19.6 Å². The third-order valence-corrected chi connectivity index (χ3v) is 4.24. The molecule has 3 heterocycles. The van der Waals surface area contributed by atoms with E-state index in [2.05, 4.69) is 41.9 Å². The minimum atomic E-state index is 0.00362. The van der Waals surface area contributed by atoms with Crippen LogP contribution in [0.4, 0.5) is 5.69 Å². The molecule has 3 rings (SSSR count). The van der Waals surface area contributed by atoms with E-state index in [-0.39, 0.29) is 5.41 Å². The molecule has 0 aliphatic carbocycles. The topological polar surface area (TPSA) is 69.1 Å². The Hall–Kier alpha value is -2.08. The van der Waals surface area contributed by atoms with Crippen LogP contribution in [0.5, 0.6) is 0 Å². The van der Waals surface area contributed by atoms with E-state index in [0.717, 1.165) is 21.1 Å². The molecule has 0 aliphatic rings. The highest BCUT2D eigenvalue weighted by Crippen LogP contribution is 2.33. The Morgan fingerprint density at radius 2 is 2.05 bits per heavy atom. The summed E-state index contributed by atoms with van der Waals surface area (Å²) in [4.78, 5) is 9.42. The SMILES string of the molecule is CC(C)(C)c1cc2c(Sc3ccncc3N)nccn2n1. The van der Waals surface area contributed by atoms with E-state index in [0.29, 0.717) is 5.69 Å². The number of fused-ring (bicyclic) bond motifs is 1. The molecule has 0 amide bonds. The lowest BCUT2D eigenvalue weighted by Gasteiger charge is -2.13. The number of aromatic nitrogens is 4. The normalized spacial score (nSPS) is 12.0. The summed E-state index contributed by atoms with van der Waals surface area (Å²) in [6.07, 6.45) is 7.01. The molecule has 0 unspecified atom stereocenters. The smallest absolute Gasteiger partial charge is 0.127 e. The van der Waals surface area contributed by atoms with Crippen LogP contribution < -0.4 is 5.73 Å². The molecule has 6 heteroatoms. The molecule has 0 aromatic carbocycles. The number of rotatable bonds is 2. The molecule has 21 heavy (non-hydrogen) atoms. The van der Waals surface area contributed by atoms with E-state index < -0.39 is 0 Å². The van der Waals surface area contributed by atoms with E-state index in [1.54, 1.807) is 18.6 Å². The highest BCUT2D eigenvalue weighted by Gasteiger charge is 2.19. The Balaban J connectivity index is 2.07. The lowest BCUT2D eigenvalue weighted by Crippen LogP contribution is -2.11. The Bertz CT molecular complexity index is 788. The van der Waals surface area contributed by atoms with Gasteiger partial charge in [0.15, 0.2) is 0 Å². The quantitative estimate of drug-likeness (QED) is 0.787. The molecule has 108 valence electrons. The molecule has 2 N–H and O–H groups in total. The van der Waals surface area contributed by atoms with E-state index >= 15 is 0 Å². The van der Waals surface area contributed by atoms with Crippen molar-refractivity contribution in [1.29, 1.82) is 0 Å². The molecule has 0 radical (unpaired) electrons. The predicted octanol–water partition coefficient (Wildman–Crippen LogP) is 3.16. The summed E-state index contributed by atoms with van der Waals surface area (Å²) in [6, 6.07) is 3.99. The summed E-state index contributed by atoms with van der Waals surface area (Å²) in [7, 11) is 0. The van der Waals surface area contributed by atoms with E-state index in [4.69, 9.17) is 5.73 Å². The lowest BCUT2D eigenvalue weighted by atomic mass is 9.92. The second kappa shape index (κ2) is 5.04. The van der Waals surface area contributed by atoms with E-state index in [1.165, 1.54) is 11.8 Å². The summed E-state index contributed by atoms with van der Waals surface area (Å²) in [6.45, 7) is 6.45. The maximum absolute atomic E-state index is 5.95. The fourth-order valence-electron chi connectivity index (χ4n) is 1.93. The van der Waals surface area contributed by atoms with Crippen molar-refractivity contribution in [3.63, 3.8) is 0 Å². The molecule has 0 atom stereocenters. The van der Waals surface area contributed by atoms with Gasteiger partial charge in [0.1, 0.15) is 5.03 Å². The van der Waals surface area contributed by atoms with E-state index in [1.807, 2.05) is 16.8 Å². The number of nitrogen functional groups attached to an aromatic ring is 1. The van der Waals surface area contributed by atoms with Gasteiger partial charge in [0.25, 0.3) is 0 Å². The Labute approximate surface area is 127 Å². The average molecular weight is 299 g/mol. The maximum atomic E-state index is 5.95. The zero-order chi connectivity index (χ0) is 15.0. The van der Waals surface area contributed by atoms with Gasteiger partial charge in [-0.1, -0.05) is 32.5 Å². The van der Waals surface area contributed by atoms with Crippen molar-refractivity contribution in [3.05, 3.63) is 42.6 Å². The molecular formula is C15H17N5S. The number of nitrogens with zero attached hydrogens (tertiary/aromatic N) is 4. The third kappa shape index (κ3) is 2.71. The molecule has 0 spiro atoms. The van der Waals surface area contributed by atoms with Gasteiger partial charge in [-0.25, -0.2) is 9.50 Å². The molecular weight excluding hydrogens is 282 g/mol. The van der Waals surface area contributed by atoms with Crippen LogP contribution in [-0.4, -0.2) is 19.6 Å². The molecule has 3 aromatic rings. The second-order valence-electron chi connectivity index (χ2n) is 5.86. The minimum absolute atomic E-state index is 0.00362. The first kappa shape index (κ1) is 13.9. The summed E-state index contributed by atoms with van der Waals surface area (Å²) < 4.78 is 1.87. The van der Waals surface area contributed by atoms with Crippen LogP contribution in [-0.2, 0) is 5.41 Å². The summed E-state index contributed by atoms with van der Waals surface area (Å²) in [5.41, 5.74) is 8.64. The molecule has 0 aliphatic heterocycles. The van der Waals surface area contributed by atoms with Crippen LogP contribution in [0, 0.1) is 0 Å². The van der Waals surface area contributed by atoms with Crippen LogP contribution in [0.25, 0.3) is 5.52 Å². The van der Waals surface area contributed by atoms with Crippen molar-refractivity contribution >= 4 is 23.0 Å². The van der Waals surface area contributed by atoms with Crippen LogP contribution in [0.2, 0.25) is 0 Å². The van der Waals surface area contributed by atoms with Crippen LogP contribution in [0.1, 0.15) is 26.5 Å². The fraction of sp³-hybridized carbons (Fsp3) is 0.267. The van der Waals surface area contributed by atoms with Gasteiger partial charge in [-0.2, -0.15) is 5.10 Å². The summed E-state index contributed by atoms with van der Waals surface area (Å²) in [5, 5.41) is 5.52. The first-order valence-electron chi connectivity index (χ1n) is 6.67. The Morgan fingerprint density at radius 3 is 2.76 bits per heavy atom. The monoisotopic (exact) mass is 299 g/mol. The largest absolute Gasteiger partial charge is 0.397 e. The zero-order valence-electron chi connectivity index (χ0n) is 12.2. The van der Waals surface area contributed by atoms with Crippen molar-refractivity contribution in [3.8, 4) is 0 Å². The second-order valence-corrected chi connectivity index (χ2v) is 6.89. The first-order valence-corrected chi connectivity index (χ1v) is 7.49. The fourth-order valence-corrected chi connectivity index (χ4v) is 2.81. The van der Waals surface area contributed by atoms with Gasteiger partial charge in [-0.3, -0.25) is 4.98 Å². The lowest BCUT2D eigenvalue weighted by molar-refractivity contribution is 0.562. The van der Waals surface area contributed by atoms with Gasteiger partial charge in [0.05, 0.1) is 23.1 Å². The summed E-state index contributed by atoms with van der Waals surface area (Å²) >= 11 is 1.53. The molecule has 0 saturated carbocycles. The van der Waals surface area contributed by atoms with Crippen molar-refractivity contribution in [2.24, 2.45) is 0 Å². The highest BCUT2D eigenvalue weighted by molar-refractivity contribution is 7.99. The highest BCUT2D eigenvalue weighted by atomic mass is 32.2. The van der Waals surface area contributed by atoms with Crippen LogP contribution in [0.15, 0.2) is 46.8 Å². The minimum Gasteiger partial charge on any atom is -0.397 e. The van der Waals surface area contributed by atoms with Crippen molar-refractivity contribution < 1.29 is 0 Å². The van der Waals surface area contributed by atoms with E-state index in [9.17, 15) is 0 Å². The zero-order valence-corrected chi connectivity index (χ0v) is 13.1. The van der Waals surface area contributed by atoms with Crippen LogP contribution >= 0.6 is 11.8 Å². The Morgan fingerprint density at radius 1 is 1.24 bits per heavy atom. The number of pyridine rings is 1. The molecule has 0 fully saturated rings. The van der Waals surface area contributed by atoms with Gasteiger partial charge in [0, 0.05) is 28.9 Å². The number of hydrogen-bond acceptors (Lipinski definition) is 5. The van der Waals surface area contributed by atoms with Crippen molar-refractivity contribution in [2.45, 2.75) is 36.1 Å². The van der Waals surface area contributed by atoms with Gasteiger partial charge < -0.3 is 5.73 Å². The average Bonchev–Trinajstić information content (AvgIpc) is 2.86. The van der Waals surface area contributed by atoms with Gasteiger partial charge >= 0.3 is 0 Å². The molecule has 5 nitrogen and oxygen atoms in total. The number of nitrogens with two attached hydrogens (primary N) is 1. The van der Waals surface area contributed by atoms with Gasteiger partial charge in [-0.15, -0.1) is 0 Å². The van der Waals surface area contributed by atoms with Gasteiger partial charge in [-0.05, 0) is 12.1 Å². The maximum Gasteiger partial charge on any atom is 0.127 e. The van der Waals surface area contributed by atoms with Gasteiger partial charge in [0.2, 0.25) is 0 Å². The molecule has 0 saturated heterocycles. The number of anilines is 1. The third-order valence-electron chi connectivity index (χ3n) is 3.14. The molecule has 3 aromatic heterocycles. The summed E-state index contributed by atoms with van der Waals surface area (Å²) in [5.74, 6) is 0. The first-order chi connectivity index (χ1) is 9.95. The van der Waals surface area contributed by atoms with Crippen molar-refractivity contribution in [2.75, 3.05) is 5.73 Å².